The van der Waals surface area contributed by atoms with Crippen LogP contribution >= 0.6 is 33.2 Å². The van der Waals surface area contributed by atoms with Crippen LogP contribution in [0.2, 0.25) is 5.02 Å². The lowest BCUT2D eigenvalue weighted by Gasteiger charge is -2.08. The monoisotopic (exact) mass is 490 g/mol. The molecule has 1 aromatic carbocycles. The van der Waals surface area contributed by atoms with Gasteiger partial charge in [-0.1, -0.05) is 33.2 Å². The van der Waals surface area contributed by atoms with Gasteiger partial charge in [-0.05, 0) is 18.2 Å². The summed E-state index contributed by atoms with van der Waals surface area (Å²) >= 11 is 6.01. The molecule has 0 saturated carbocycles. The van der Waals surface area contributed by atoms with Crippen LogP contribution in [0.1, 0.15) is 23.7 Å². The third-order valence-corrected chi connectivity index (χ3v) is 5.46. The second-order valence-corrected chi connectivity index (χ2v) is 8.33. The highest BCUT2D eigenvalue weighted by molar-refractivity contribution is 8.76. The number of carboxylic acids is 2. The SMILES string of the molecule is CC(=O)Nc1ccc(C(=O)NCCSSCCC(=O)O)cc1Cl.O=C(O)C(F)(F)F. The summed E-state index contributed by atoms with van der Waals surface area (Å²) < 4.78 is 31.7. The van der Waals surface area contributed by atoms with Crippen molar-refractivity contribution in [2.45, 2.75) is 19.5 Å². The molecular weight excluding hydrogens is 473 g/mol. The van der Waals surface area contributed by atoms with E-state index < -0.39 is 18.1 Å². The lowest BCUT2D eigenvalue weighted by molar-refractivity contribution is -0.192. The first-order chi connectivity index (χ1) is 13.8. The number of amides is 2. The van der Waals surface area contributed by atoms with Crippen LogP contribution in [-0.4, -0.2) is 58.2 Å². The van der Waals surface area contributed by atoms with Crippen LogP contribution in [0, 0.1) is 0 Å². The highest BCUT2D eigenvalue weighted by Crippen LogP contribution is 2.23. The summed E-state index contributed by atoms with van der Waals surface area (Å²) in [6.45, 7) is 1.84. The second kappa shape index (κ2) is 14.0. The van der Waals surface area contributed by atoms with E-state index in [-0.39, 0.29) is 18.2 Å². The van der Waals surface area contributed by atoms with Gasteiger partial charge in [0, 0.05) is 30.5 Å². The Balaban J connectivity index is 0.00000103. The molecule has 0 aliphatic rings. The summed E-state index contributed by atoms with van der Waals surface area (Å²) in [5.74, 6) is -2.85. The molecule has 0 atom stereocenters. The number of halogens is 4. The molecule has 14 heteroatoms. The highest BCUT2D eigenvalue weighted by Gasteiger charge is 2.38. The van der Waals surface area contributed by atoms with E-state index in [2.05, 4.69) is 10.6 Å². The zero-order valence-corrected chi connectivity index (χ0v) is 17.8. The Morgan fingerprint density at radius 3 is 2.13 bits per heavy atom. The van der Waals surface area contributed by atoms with Crippen molar-refractivity contribution in [3.8, 4) is 0 Å². The summed E-state index contributed by atoms with van der Waals surface area (Å²) in [6.07, 6.45) is -4.96. The number of benzene rings is 1. The molecule has 0 aliphatic heterocycles. The quantitative estimate of drug-likeness (QED) is 0.305. The van der Waals surface area contributed by atoms with Gasteiger partial charge in [-0.25, -0.2) is 4.79 Å². The fraction of sp³-hybridized carbons (Fsp3) is 0.375. The number of aliphatic carboxylic acids is 2. The van der Waals surface area contributed by atoms with Crippen LogP contribution in [0.25, 0.3) is 0 Å². The molecule has 0 heterocycles. The number of rotatable bonds is 9. The van der Waals surface area contributed by atoms with Crippen molar-refractivity contribution in [3.63, 3.8) is 0 Å². The third kappa shape index (κ3) is 13.2. The number of nitrogens with one attached hydrogen (secondary N) is 2. The molecule has 4 N–H and O–H groups in total. The normalized spacial score (nSPS) is 10.4. The number of hydrogen-bond acceptors (Lipinski definition) is 6. The number of carboxylic acid groups (broad SMARTS) is 2. The van der Waals surface area contributed by atoms with E-state index in [4.69, 9.17) is 26.6 Å². The molecule has 30 heavy (non-hydrogen) atoms. The van der Waals surface area contributed by atoms with Crippen molar-refractivity contribution in [1.82, 2.24) is 5.32 Å². The topological polar surface area (TPSA) is 133 Å². The minimum atomic E-state index is -5.08. The molecule has 168 valence electrons. The zero-order chi connectivity index (χ0) is 23.3. The van der Waals surface area contributed by atoms with Crippen molar-refractivity contribution >= 4 is 62.6 Å². The predicted molar refractivity (Wildman–Crippen MR) is 109 cm³/mol. The summed E-state index contributed by atoms with van der Waals surface area (Å²) in [7, 11) is 2.97. The van der Waals surface area contributed by atoms with Crippen molar-refractivity contribution in [3.05, 3.63) is 28.8 Å². The lowest BCUT2D eigenvalue weighted by atomic mass is 10.2. The van der Waals surface area contributed by atoms with Gasteiger partial charge in [-0.15, -0.1) is 0 Å². The van der Waals surface area contributed by atoms with Crippen molar-refractivity contribution in [1.29, 1.82) is 0 Å². The number of carbonyl (C=O) groups is 4. The number of hydrogen-bond donors (Lipinski definition) is 4. The first kappa shape index (κ1) is 27.9. The molecule has 0 fully saturated rings. The van der Waals surface area contributed by atoms with Crippen LogP contribution in [0.3, 0.4) is 0 Å². The minimum Gasteiger partial charge on any atom is -0.481 e. The van der Waals surface area contributed by atoms with Crippen molar-refractivity contribution in [2.24, 2.45) is 0 Å². The highest BCUT2D eigenvalue weighted by atomic mass is 35.5. The van der Waals surface area contributed by atoms with Crippen LogP contribution in [0.15, 0.2) is 18.2 Å². The van der Waals surface area contributed by atoms with Gasteiger partial charge in [-0.2, -0.15) is 13.2 Å². The zero-order valence-electron chi connectivity index (χ0n) is 15.4. The second-order valence-electron chi connectivity index (χ2n) is 5.22. The fourth-order valence-corrected chi connectivity index (χ4v) is 3.62. The molecule has 0 bridgehead atoms. The van der Waals surface area contributed by atoms with Crippen LogP contribution < -0.4 is 10.6 Å². The van der Waals surface area contributed by atoms with Gasteiger partial charge >= 0.3 is 18.1 Å². The molecule has 0 aromatic heterocycles. The van der Waals surface area contributed by atoms with Gasteiger partial charge in [0.2, 0.25) is 5.91 Å². The Morgan fingerprint density at radius 2 is 1.67 bits per heavy atom. The molecule has 0 spiro atoms. The standard InChI is InChI=1S/C14H17ClN2O4S2.C2HF3O2/c1-9(18)17-12-3-2-10(8-11(12)15)14(21)16-5-7-23-22-6-4-13(19)20;3-2(4,5)1(6)7/h2-3,8H,4-7H2,1H3,(H,16,21)(H,17,18)(H,19,20);(H,6,7). The van der Waals surface area contributed by atoms with E-state index in [1.54, 1.807) is 12.1 Å². The Bertz CT molecular complexity index is 765. The molecule has 0 unspecified atom stereocenters. The van der Waals surface area contributed by atoms with E-state index in [9.17, 15) is 27.6 Å². The molecule has 0 aliphatic carbocycles. The van der Waals surface area contributed by atoms with Crippen LogP contribution in [0.5, 0.6) is 0 Å². The first-order valence-electron chi connectivity index (χ1n) is 7.96. The Labute approximate surface area is 182 Å². The largest absolute Gasteiger partial charge is 0.490 e. The smallest absolute Gasteiger partial charge is 0.481 e. The van der Waals surface area contributed by atoms with Crippen LogP contribution in [-0.2, 0) is 14.4 Å². The maximum atomic E-state index is 12.0. The molecule has 0 saturated heterocycles. The minimum absolute atomic E-state index is 0.128. The van der Waals surface area contributed by atoms with Gasteiger partial charge in [0.15, 0.2) is 0 Å². The Hall–Kier alpha value is -2.12. The van der Waals surface area contributed by atoms with Gasteiger partial charge in [0.05, 0.1) is 17.1 Å². The number of alkyl halides is 3. The molecule has 1 aromatic rings. The third-order valence-electron chi connectivity index (χ3n) is 2.74. The molecule has 8 nitrogen and oxygen atoms in total. The summed E-state index contributed by atoms with van der Waals surface area (Å²) in [5.41, 5.74) is 0.869. The van der Waals surface area contributed by atoms with Crippen molar-refractivity contribution in [2.75, 3.05) is 23.4 Å². The molecule has 2 amide bonds. The van der Waals surface area contributed by atoms with E-state index in [1.165, 1.54) is 34.6 Å². The molecular formula is C16H18ClF3N2O6S2. The van der Waals surface area contributed by atoms with Gasteiger partial charge in [0.25, 0.3) is 5.91 Å². The average Bonchev–Trinajstić information content (AvgIpc) is 2.61. The van der Waals surface area contributed by atoms with E-state index in [1.807, 2.05) is 0 Å². The van der Waals surface area contributed by atoms with Crippen LogP contribution in [0.4, 0.5) is 18.9 Å². The summed E-state index contributed by atoms with van der Waals surface area (Å²) in [5, 5.41) is 21.2. The molecule has 1 rings (SSSR count). The first-order valence-corrected chi connectivity index (χ1v) is 10.8. The predicted octanol–water partition coefficient (Wildman–Crippen LogP) is 3.52. The maximum Gasteiger partial charge on any atom is 0.490 e. The molecule has 0 radical (unpaired) electrons. The van der Waals surface area contributed by atoms with Gasteiger partial charge in [-0.3, -0.25) is 14.4 Å². The Morgan fingerprint density at radius 1 is 1.10 bits per heavy atom. The average molecular weight is 491 g/mol. The summed E-state index contributed by atoms with van der Waals surface area (Å²) in [6, 6.07) is 4.66. The Kier molecular flexibility index (Phi) is 13.0. The number of anilines is 1. The number of carbonyl (C=O) groups excluding carboxylic acids is 2. The van der Waals surface area contributed by atoms with E-state index >= 15 is 0 Å². The maximum absolute atomic E-state index is 12.0. The van der Waals surface area contributed by atoms with Gasteiger partial charge in [0.1, 0.15) is 0 Å². The van der Waals surface area contributed by atoms with Gasteiger partial charge < -0.3 is 20.8 Å². The van der Waals surface area contributed by atoms with Crippen molar-refractivity contribution < 1.29 is 42.6 Å². The van der Waals surface area contributed by atoms with E-state index in [0.29, 0.717) is 34.3 Å². The summed E-state index contributed by atoms with van der Waals surface area (Å²) in [4.78, 5) is 42.2. The fourth-order valence-electron chi connectivity index (χ4n) is 1.50. The van der Waals surface area contributed by atoms with E-state index in [0.717, 1.165) is 0 Å². The lowest BCUT2D eigenvalue weighted by Crippen LogP contribution is -2.25.